The van der Waals surface area contributed by atoms with Gasteiger partial charge in [-0.3, -0.25) is 19.5 Å². The number of aromatic hydroxyl groups is 1. The van der Waals surface area contributed by atoms with Crippen molar-refractivity contribution < 1.29 is 37.8 Å². The average molecular weight is 574 g/mol. The fourth-order valence-electron chi connectivity index (χ4n) is 3.68. The van der Waals surface area contributed by atoms with Crippen LogP contribution < -0.4 is 10.2 Å². The molecule has 3 rings (SSSR count). The number of phenols is 1. The molecule has 8 nitrogen and oxygen atoms in total. The number of rotatable bonds is 5. The maximum Gasteiger partial charge on any atom is 0.490 e. The highest BCUT2D eigenvalue weighted by atomic mass is 19.4. The normalized spacial score (nSPS) is 12.4. The molecular weight excluding hydrogens is 539 g/mol. The Balaban J connectivity index is 0.000000745. The van der Waals surface area contributed by atoms with Crippen LogP contribution in [0.5, 0.6) is 5.75 Å². The minimum absolute atomic E-state index is 0.0720. The maximum atomic E-state index is 13.9. The number of aromatic nitrogens is 1. The van der Waals surface area contributed by atoms with Gasteiger partial charge in [0, 0.05) is 29.2 Å². The van der Waals surface area contributed by atoms with Gasteiger partial charge in [0.2, 0.25) is 5.91 Å². The number of carbonyl (C=O) groups is 3. The molecular formula is C30H34F3N3O5. The topological polar surface area (TPSA) is 120 Å². The molecule has 0 fully saturated rings. The van der Waals surface area contributed by atoms with Crippen LogP contribution in [0.15, 0.2) is 73.1 Å². The first-order valence-electron chi connectivity index (χ1n) is 12.6. The summed E-state index contributed by atoms with van der Waals surface area (Å²) in [6.07, 6.45) is -1.88. The number of hydrogen-bond donors (Lipinski definition) is 3. The molecule has 11 heteroatoms. The van der Waals surface area contributed by atoms with Crippen LogP contribution in [0.2, 0.25) is 0 Å². The number of para-hydroxylation sites is 1. The zero-order chi connectivity index (χ0) is 31.2. The summed E-state index contributed by atoms with van der Waals surface area (Å²) in [6.45, 7) is 12.0. The molecule has 41 heavy (non-hydrogen) atoms. The molecule has 2 amide bonds. The highest BCUT2D eigenvalue weighted by Gasteiger charge is 2.38. The van der Waals surface area contributed by atoms with Crippen molar-refractivity contribution in [2.24, 2.45) is 0 Å². The van der Waals surface area contributed by atoms with Gasteiger partial charge in [0.25, 0.3) is 5.91 Å². The van der Waals surface area contributed by atoms with E-state index in [0.29, 0.717) is 11.3 Å². The lowest BCUT2D eigenvalue weighted by atomic mass is 9.87. The summed E-state index contributed by atoms with van der Waals surface area (Å²) in [6, 6.07) is 16.5. The lowest BCUT2D eigenvalue weighted by Gasteiger charge is -2.34. The van der Waals surface area contributed by atoms with Crippen molar-refractivity contribution in [3.8, 4) is 5.75 Å². The van der Waals surface area contributed by atoms with E-state index in [9.17, 15) is 27.9 Å². The Morgan fingerprint density at radius 2 is 1.44 bits per heavy atom. The van der Waals surface area contributed by atoms with Crippen molar-refractivity contribution in [1.82, 2.24) is 10.3 Å². The fraction of sp³-hybridized carbons (Fsp3) is 0.333. The molecule has 3 N–H and O–H groups in total. The smallest absolute Gasteiger partial charge is 0.490 e. The number of benzene rings is 2. The summed E-state index contributed by atoms with van der Waals surface area (Å²) in [5.41, 5.74) is 1.73. The molecule has 1 atom stereocenters. The second kappa shape index (κ2) is 12.8. The summed E-state index contributed by atoms with van der Waals surface area (Å²) in [4.78, 5) is 42.0. The zero-order valence-corrected chi connectivity index (χ0v) is 23.7. The highest BCUT2D eigenvalue weighted by molar-refractivity contribution is 6.11. The predicted octanol–water partition coefficient (Wildman–Crippen LogP) is 6.02. The van der Waals surface area contributed by atoms with Gasteiger partial charge in [-0.15, -0.1) is 0 Å². The number of anilines is 1. The maximum absolute atomic E-state index is 13.9. The van der Waals surface area contributed by atoms with Gasteiger partial charge in [-0.2, -0.15) is 13.2 Å². The number of pyridine rings is 1. The second-order valence-corrected chi connectivity index (χ2v) is 11.2. The van der Waals surface area contributed by atoms with E-state index < -0.39 is 29.6 Å². The first-order chi connectivity index (χ1) is 18.8. The van der Waals surface area contributed by atoms with E-state index in [4.69, 9.17) is 9.90 Å². The number of carbonyl (C=O) groups excluding carboxylic acids is 2. The summed E-state index contributed by atoms with van der Waals surface area (Å²) >= 11 is 0. The molecule has 3 aromatic rings. The minimum Gasteiger partial charge on any atom is -0.507 e. The van der Waals surface area contributed by atoms with Crippen molar-refractivity contribution in [2.45, 2.75) is 64.7 Å². The van der Waals surface area contributed by atoms with Gasteiger partial charge in [0.1, 0.15) is 11.8 Å². The van der Waals surface area contributed by atoms with E-state index in [1.54, 1.807) is 42.7 Å². The SMILES string of the molecule is CC(C)(C)NC(=O)C(c1cccnc1)N(C(=O)c1ccccc1O)c1ccc(C(C)(C)C)cc1.O=C(O)C(F)(F)F. The molecule has 0 aliphatic carbocycles. The standard InChI is InChI=1S/C28H33N3O3.C2HF3O2/c1-27(2,3)20-13-15-21(16-14-20)31(26(34)22-11-7-8-12-23(22)32)24(19-10-9-17-29-18-19)25(33)30-28(4,5)6;3-2(4,5)1(6)7/h7-18,24,32H,1-6H3,(H,30,33);(H,6,7). The molecule has 1 unspecified atom stereocenters. The molecule has 0 saturated heterocycles. The van der Waals surface area contributed by atoms with E-state index in [0.717, 1.165) is 5.56 Å². The van der Waals surface area contributed by atoms with Crippen LogP contribution in [0.4, 0.5) is 18.9 Å². The largest absolute Gasteiger partial charge is 0.507 e. The van der Waals surface area contributed by atoms with Crippen LogP contribution in [0.3, 0.4) is 0 Å². The van der Waals surface area contributed by atoms with Gasteiger partial charge in [-0.05, 0) is 62.1 Å². The number of hydrogen-bond acceptors (Lipinski definition) is 5. The second-order valence-electron chi connectivity index (χ2n) is 11.2. The van der Waals surface area contributed by atoms with Gasteiger partial charge >= 0.3 is 12.1 Å². The van der Waals surface area contributed by atoms with Crippen LogP contribution in [0.25, 0.3) is 0 Å². The Bertz CT molecular complexity index is 1350. The van der Waals surface area contributed by atoms with Crippen molar-refractivity contribution in [3.63, 3.8) is 0 Å². The fourth-order valence-corrected chi connectivity index (χ4v) is 3.68. The van der Waals surface area contributed by atoms with Gasteiger partial charge < -0.3 is 15.5 Å². The lowest BCUT2D eigenvalue weighted by molar-refractivity contribution is -0.192. The van der Waals surface area contributed by atoms with Gasteiger partial charge in [-0.1, -0.05) is 51.1 Å². The van der Waals surface area contributed by atoms with Crippen LogP contribution in [0.1, 0.15) is 69.1 Å². The van der Waals surface area contributed by atoms with Gasteiger partial charge in [0.05, 0.1) is 5.56 Å². The summed E-state index contributed by atoms with van der Waals surface area (Å²) in [7, 11) is 0. The molecule has 0 radical (unpaired) electrons. The molecule has 0 spiro atoms. The number of phenolic OH excluding ortho intramolecular Hbond substituents is 1. The molecule has 220 valence electrons. The van der Waals surface area contributed by atoms with Crippen molar-refractivity contribution >= 4 is 23.5 Å². The number of alkyl halides is 3. The first-order valence-corrected chi connectivity index (χ1v) is 12.6. The van der Waals surface area contributed by atoms with E-state index in [2.05, 4.69) is 31.1 Å². The Morgan fingerprint density at radius 1 is 0.878 bits per heavy atom. The summed E-state index contributed by atoms with van der Waals surface area (Å²) < 4.78 is 31.7. The number of aliphatic carboxylic acids is 1. The average Bonchev–Trinajstić information content (AvgIpc) is 2.86. The lowest BCUT2D eigenvalue weighted by Crippen LogP contribution is -2.49. The number of amides is 2. The number of nitrogens with zero attached hydrogens (tertiary/aromatic N) is 2. The summed E-state index contributed by atoms with van der Waals surface area (Å²) in [5.74, 6) is -3.74. The number of carboxylic acid groups (broad SMARTS) is 1. The molecule has 2 aromatic carbocycles. The van der Waals surface area contributed by atoms with Gasteiger partial charge in [-0.25, -0.2) is 4.79 Å². The number of nitrogens with one attached hydrogen (secondary N) is 1. The minimum atomic E-state index is -5.08. The quantitative estimate of drug-likeness (QED) is 0.343. The van der Waals surface area contributed by atoms with E-state index in [1.165, 1.54) is 11.0 Å². The third kappa shape index (κ3) is 9.33. The van der Waals surface area contributed by atoms with Crippen LogP contribution in [0, 0.1) is 0 Å². The zero-order valence-electron chi connectivity index (χ0n) is 23.7. The van der Waals surface area contributed by atoms with Crippen LogP contribution in [-0.2, 0) is 15.0 Å². The third-order valence-electron chi connectivity index (χ3n) is 5.61. The van der Waals surface area contributed by atoms with Crippen molar-refractivity contribution in [2.75, 3.05) is 4.90 Å². The Kier molecular flexibility index (Phi) is 10.3. The number of halogens is 3. The van der Waals surface area contributed by atoms with Gasteiger partial charge in [0.15, 0.2) is 0 Å². The first kappa shape index (κ1) is 32.8. The number of carboxylic acids is 1. The Labute approximate surface area is 236 Å². The van der Waals surface area contributed by atoms with Crippen molar-refractivity contribution in [3.05, 3.63) is 89.7 Å². The Morgan fingerprint density at radius 3 is 1.88 bits per heavy atom. The van der Waals surface area contributed by atoms with Crippen LogP contribution >= 0.6 is 0 Å². The van der Waals surface area contributed by atoms with Crippen LogP contribution in [-0.4, -0.2) is 44.7 Å². The monoisotopic (exact) mass is 573 g/mol. The molecule has 0 bridgehead atoms. The van der Waals surface area contributed by atoms with E-state index in [-0.39, 0.29) is 22.6 Å². The molecule has 0 aliphatic heterocycles. The summed E-state index contributed by atoms with van der Waals surface area (Å²) in [5, 5.41) is 20.6. The molecule has 1 aromatic heterocycles. The van der Waals surface area contributed by atoms with E-state index in [1.807, 2.05) is 45.0 Å². The molecule has 0 saturated carbocycles. The predicted molar refractivity (Wildman–Crippen MR) is 149 cm³/mol. The van der Waals surface area contributed by atoms with Crippen molar-refractivity contribution in [1.29, 1.82) is 0 Å². The third-order valence-corrected chi connectivity index (χ3v) is 5.61. The van der Waals surface area contributed by atoms with E-state index >= 15 is 0 Å². The molecule has 0 aliphatic rings. The Hall–Kier alpha value is -4.41. The molecule has 1 heterocycles. The highest BCUT2D eigenvalue weighted by Crippen LogP contribution is 2.33.